The van der Waals surface area contributed by atoms with E-state index in [0.29, 0.717) is 22.3 Å². The Labute approximate surface area is 169 Å². The summed E-state index contributed by atoms with van der Waals surface area (Å²) in [7, 11) is 3.30. The van der Waals surface area contributed by atoms with Crippen molar-refractivity contribution in [1.29, 1.82) is 0 Å². The minimum Gasteiger partial charge on any atom is -0.497 e. The molecular weight excluding hydrogens is 387 g/mol. The second kappa shape index (κ2) is 9.62. The standard InChI is InChI=1S/C20H22Cl2N2O3/c1-13(25)23-19(15-5-7-16(27-3)8-6-15)11-20(26)24(2)12-14-4-9-17(21)18(22)10-14/h4-10,19H,11-12H2,1-3H3,(H,23,25). The number of hydrogen-bond donors (Lipinski definition) is 1. The van der Waals surface area contributed by atoms with Gasteiger partial charge < -0.3 is 15.0 Å². The number of benzene rings is 2. The van der Waals surface area contributed by atoms with Gasteiger partial charge in [0.1, 0.15) is 5.75 Å². The summed E-state index contributed by atoms with van der Waals surface area (Å²) in [5.41, 5.74) is 1.71. The molecule has 0 saturated heterocycles. The van der Waals surface area contributed by atoms with Crippen LogP contribution in [0.2, 0.25) is 10.0 Å². The van der Waals surface area contributed by atoms with Crippen molar-refractivity contribution in [3.63, 3.8) is 0 Å². The monoisotopic (exact) mass is 408 g/mol. The molecule has 0 aromatic heterocycles. The first-order valence-electron chi connectivity index (χ1n) is 8.39. The van der Waals surface area contributed by atoms with Crippen molar-refractivity contribution in [2.24, 2.45) is 0 Å². The van der Waals surface area contributed by atoms with Gasteiger partial charge in [0.15, 0.2) is 0 Å². The summed E-state index contributed by atoms with van der Waals surface area (Å²) in [5, 5.41) is 3.75. The van der Waals surface area contributed by atoms with Crippen LogP contribution in [0.15, 0.2) is 42.5 Å². The third-order valence-electron chi connectivity index (χ3n) is 4.10. The molecule has 0 radical (unpaired) electrons. The van der Waals surface area contributed by atoms with Gasteiger partial charge in [0.05, 0.1) is 29.6 Å². The fraction of sp³-hybridized carbons (Fsp3) is 0.300. The van der Waals surface area contributed by atoms with Crippen molar-refractivity contribution in [3.8, 4) is 5.75 Å². The number of nitrogens with zero attached hydrogens (tertiary/aromatic N) is 1. The highest BCUT2D eigenvalue weighted by atomic mass is 35.5. The van der Waals surface area contributed by atoms with Crippen molar-refractivity contribution in [1.82, 2.24) is 10.2 Å². The number of nitrogens with one attached hydrogen (secondary N) is 1. The molecule has 27 heavy (non-hydrogen) atoms. The normalized spacial score (nSPS) is 11.6. The number of halogens is 2. The Morgan fingerprint density at radius 2 is 1.78 bits per heavy atom. The minimum atomic E-state index is -0.419. The maximum Gasteiger partial charge on any atom is 0.225 e. The summed E-state index contributed by atoms with van der Waals surface area (Å²) in [4.78, 5) is 25.8. The Balaban J connectivity index is 2.09. The molecule has 0 heterocycles. The molecule has 2 amide bonds. The van der Waals surface area contributed by atoms with Crippen molar-refractivity contribution in [2.45, 2.75) is 25.9 Å². The predicted octanol–water partition coefficient (Wildman–Crippen LogP) is 4.23. The number of ether oxygens (including phenoxy) is 1. The van der Waals surface area contributed by atoms with Gasteiger partial charge in [-0.25, -0.2) is 0 Å². The molecule has 5 nitrogen and oxygen atoms in total. The topological polar surface area (TPSA) is 58.6 Å². The van der Waals surface area contributed by atoms with Crippen LogP contribution in [0.25, 0.3) is 0 Å². The SMILES string of the molecule is COc1ccc(C(CC(=O)N(C)Cc2ccc(Cl)c(Cl)c2)NC(C)=O)cc1. The molecule has 1 atom stereocenters. The minimum absolute atomic E-state index is 0.101. The van der Waals surface area contributed by atoms with Crippen LogP contribution in [0, 0.1) is 0 Å². The summed E-state index contributed by atoms with van der Waals surface area (Å²) in [6, 6.07) is 12.1. The van der Waals surface area contributed by atoms with Gasteiger partial charge in [0.25, 0.3) is 0 Å². The van der Waals surface area contributed by atoms with E-state index in [1.54, 1.807) is 43.3 Å². The maximum absolute atomic E-state index is 12.7. The van der Waals surface area contributed by atoms with E-state index in [-0.39, 0.29) is 18.2 Å². The fourth-order valence-electron chi connectivity index (χ4n) is 2.66. The smallest absolute Gasteiger partial charge is 0.225 e. The van der Waals surface area contributed by atoms with Crippen molar-refractivity contribution in [3.05, 3.63) is 63.6 Å². The van der Waals surface area contributed by atoms with Crippen LogP contribution in [0.1, 0.15) is 30.5 Å². The van der Waals surface area contributed by atoms with E-state index in [4.69, 9.17) is 27.9 Å². The summed E-state index contributed by atoms with van der Waals surface area (Å²) in [6.45, 7) is 1.82. The Morgan fingerprint density at radius 1 is 1.11 bits per heavy atom. The predicted molar refractivity (Wildman–Crippen MR) is 107 cm³/mol. The molecule has 0 fully saturated rings. The van der Waals surface area contributed by atoms with Gasteiger partial charge in [-0.3, -0.25) is 9.59 Å². The zero-order valence-corrected chi connectivity index (χ0v) is 17.0. The third-order valence-corrected chi connectivity index (χ3v) is 4.84. The van der Waals surface area contributed by atoms with E-state index in [2.05, 4.69) is 5.32 Å². The van der Waals surface area contributed by atoms with Crippen molar-refractivity contribution in [2.75, 3.05) is 14.2 Å². The lowest BCUT2D eigenvalue weighted by Crippen LogP contribution is -2.33. The molecule has 0 aliphatic carbocycles. The number of amides is 2. The average molecular weight is 409 g/mol. The van der Waals surface area contributed by atoms with E-state index in [1.807, 2.05) is 18.2 Å². The van der Waals surface area contributed by atoms with Crippen LogP contribution in [-0.2, 0) is 16.1 Å². The van der Waals surface area contributed by atoms with E-state index in [0.717, 1.165) is 11.1 Å². The first-order chi connectivity index (χ1) is 12.8. The first-order valence-corrected chi connectivity index (χ1v) is 9.14. The molecule has 0 spiro atoms. The molecule has 0 aliphatic rings. The van der Waals surface area contributed by atoms with Gasteiger partial charge in [-0.05, 0) is 35.4 Å². The average Bonchev–Trinajstić information content (AvgIpc) is 2.63. The second-order valence-corrected chi connectivity index (χ2v) is 7.04. The van der Waals surface area contributed by atoms with Crippen molar-refractivity contribution < 1.29 is 14.3 Å². The van der Waals surface area contributed by atoms with Crippen LogP contribution in [-0.4, -0.2) is 30.9 Å². The van der Waals surface area contributed by atoms with Crippen LogP contribution in [0.5, 0.6) is 5.75 Å². The number of rotatable bonds is 7. The molecule has 2 aromatic rings. The quantitative estimate of drug-likeness (QED) is 0.745. The number of hydrogen-bond acceptors (Lipinski definition) is 3. The molecule has 7 heteroatoms. The number of methoxy groups -OCH3 is 1. The Hall–Kier alpha value is -2.24. The summed E-state index contributed by atoms with van der Waals surface area (Å²) in [5.74, 6) is 0.412. The Bertz CT molecular complexity index is 809. The fourth-order valence-corrected chi connectivity index (χ4v) is 2.98. The van der Waals surface area contributed by atoms with Gasteiger partial charge >= 0.3 is 0 Å². The lowest BCUT2D eigenvalue weighted by molar-refractivity contribution is -0.131. The molecule has 0 aliphatic heterocycles. The van der Waals surface area contributed by atoms with E-state index >= 15 is 0 Å². The highest BCUT2D eigenvalue weighted by Gasteiger charge is 2.20. The van der Waals surface area contributed by atoms with E-state index in [1.165, 1.54) is 6.92 Å². The number of carbonyl (C=O) groups excluding carboxylic acids is 2. The second-order valence-electron chi connectivity index (χ2n) is 6.23. The van der Waals surface area contributed by atoms with Gasteiger partial charge in [0.2, 0.25) is 11.8 Å². The molecule has 2 rings (SSSR count). The molecule has 1 N–H and O–H groups in total. The lowest BCUT2D eigenvalue weighted by atomic mass is 10.0. The molecule has 0 saturated carbocycles. The summed E-state index contributed by atoms with van der Waals surface area (Å²) in [6.07, 6.45) is 0.143. The Kier molecular flexibility index (Phi) is 7.51. The van der Waals surface area contributed by atoms with Crippen LogP contribution >= 0.6 is 23.2 Å². The molecule has 144 valence electrons. The summed E-state index contributed by atoms with van der Waals surface area (Å²) >= 11 is 12.0. The highest BCUT2D eigenvalue weighted by Crippen LogP contribution is 2.24. The zero-order valence-electron chi connectivity index (χ0n) is 15.5. The molecular formula is C20H22Cl2N2O3. The third kappa shape index (κ3) is 6.15. The van der Waals surface area contributed by atoms with Crippen LogP contribution in [0.4, 0.5) is 0 Å². The van der Waals surface area contributed by atoms with Gasteiger partial charge in [-0.2, -0.15) is 0 Å². The van der Waals surface area contributed by atoms with Gasteiger partial charge in [-0.15, -0.1) is 0 Å². The van der Waals surface area contributed by atoms with E-state index < -0.39 is 6.04 Å². The largest absolute Gasteiger partial charge is 0.497 e. The molecule has 1 unspecified atom stereocenters. The summed E-state index contributed by atoms with van der Waals surface area (Å²) < 4.78 is 5.15. The van der Waals surface area contributed by atoms with Crippen LogP contribution in [0.3, 0.4) is 0 Å². The zero-order chi connectivity index (χ0) is 20.0. The van der Waals surface area contributed by atoms with E-state index in [9.17, 15) is 9.59 Å². The van der Waals surface area contributed by atoms with Gasteiger partial charge in [-0.1, -0.05) is 41.4 Å². The maximum atomic E-state index is 12.7. The first kappa shape index (κ1) is 21.1. The Morgan fingerprint density at radius 3 is 2.33 bits per heavy atom. The molecule has 2 aromatic carbocycles. The van der Waals surface area contributed by atoms with Crippen LogP contribution < -0.4 is 10.1 Å². The molecule has 0 bridgehead atoms. The van der Waals surface area contributed by atoms with Gasteiger partial charge in [0, 0.05) is 20.5 Å². The van der Waals surface area contributed by atoms with Crippen molar-refractivity contribution >= 4 is 35.0 Å². The number of carbonyl (C=O) groups is 2. The highest BCUT2D eigenvalue weighted by molar-refractivity contribution is 6.42. The lowest BCUT2D eigenvalue weighted by Gasteiger charge is -2.23.